The summed E-state index contributed by atoms with van der Waals surface area (Å²) in [4.78, 5) is 23.3. The fourth-order valence-electron chi connectivity index (χ4n) is 3.82. The third-order valence-electron chi connectivity index (χ3n) is 5.51. The van der Waals surface area contributed by atoms with Crippen LogP contribution in [-0.4, -0.2) is 48.2 Å². The molecule has 1 aromatic heterocycles. The number of nitrogens with one attached hydrogen (secondary N) is 2. The van der Waals surface area contributed by atoms with Gasteiger partial charge in [0, 0.05) is 12.5 Å². The Labute approximate surface area is 147 Å². The number of H-pyrrole nitrogens is 1. The van der Waals surface area contributed by atoms with Crippen LogP contribution in [0.3, 0.4) is 0 Å². The van der Waals surface area contributed by atoms with Crippen molar-refractivity contribution in [3.63, 3.8) is 0 Å². The summed E-state index contributed by atoms with van der Waals surface area (Å²) in [6.45, 7) is 7.29. The summed E-state index contributed by atoms with van der Waals surface area (Å²) < 4.78 is 5.56. The third-order valence-corrected chi connectivity index (χ3v) is 5.51. The van der Waals surface area contributed by atoms with Crippen LogP contribution in [0, 0.1) is 19.8 Å². The Morgan fingerprint density at radius 3 is 2.68 bits per heavy atom. The number of aryl methyl sites for hydroxylation is 2. The maximum absolute atomic E-state index is 13.3. The topological polar surface area (TPSA) is 70.2 Å². The summed E-state index contributed by atoms with van der Waals surface area (Å²) in [5, 5.41) is 3.33. The number of hydrogen-bond donors (Lipinski definition) is 2. The molecule has 6 nitrogen and oxygen atoms in total. The first-order valence-electron chi connectivity index (χ1n) is 9.22. The quantitative estimate of drug-likeness (QED) is 0.898. The number of hydrogen-bond acceptors (Lipinski definition) is 4. The second kappa shape index (κ2) is 6.77. The highest BCUT2D eigenvalue weighted by Gasteiger charge is 2.35. The first kappa shape index (κ1) is 16.5. The van der Waals surface area contributed by atoms with Gasteiger partial charge in [-0.05, 0) is 69.5 Å². The van der Waals surface area contributed by atoms with Gasteiger partial charge in [-0.3, -0.25) is 9.69 Å². The van der Waals surface area contributed by atoms with Gasteiger partial charge in [0.25, 0.3) is 0 Å². The van der Waals surface area contributed by atoms with E-state index in [4.69, 9.17) is 9.72 Å². The summed E-state index contributed by atoms with van der Waals surface area (Å²) >= 11 is 0. The van der Waals surface area contributed by atoms with Crippen LogP contribution in [0.4, 0.5) is 5.95 Å². The summed E-state index contributed by atoms with van der Waals surface area (Å²) in [6.07, 6.45) is 2.65. The molecule has 0 radical (unpaired) electrons. The molecule has 0 saturated carbocycles. The zero-order chi connectivity index (χ0) is 17.4. The molecule has 2 aliphatic rings. The normalized spacial score (nSPS) is 21.8. The molecule has 134 valence electrons. The summed E-state index contributed by atoms with van der Waals surface area (Å²) in [6, 6.07) is 4.27. The number of amides is 1. The maximum atomic E-state index is 13.3. The molecule has 4 rings (SSSR count). The lowest BCUT2D eigenvalue weighted by Gasteiger charge is -2.31. The summed E-state index contributed by atoms with van der Waals surface area (Å²) in [7, 11) is 0. The van der Waals surface area contributed by atoms with Crippen LogP contribution in [-0.2, 0) is 9.53 Å². The number of piperidine rings is 1. The molecule has 0 aliphatic carbocycles. The van der Waals surface area contributed by atoms with Crippen molar-refractivity contribution in [1.29, 1.82) is 0 Å². The SMILES string of the molecule is Cc1cc2nc(N(C(=O)C3CCNCC3)[C@@H]3CCOC3)[nH]c2cc1C. The van der Waals surface area contributed by atoms with Crippen LogP contribution in [0.1, 0.15) is 30.4 Å². The molecule has 2 aromatic rings. The van der Waals surface area contributed by atoms with E-state index in [0.29, 0.717) is 19.2 Å². The van der Waals surface area contributed by atoms with E-state index in [9.17, 15) is 4.79 Å². The molecule has 2 saturated heterocycles. The number of imidazole rings is 1. The standard InChI is InChI=1S/C19H26N4O2/c1-12-9-16-17(10-13(12)2)22-19(21-16)23(15-5-8-25-11-15)18(24)14-3-6-20-7-4-14/h9-10,14-15,20H,3-8,11H2,1-2H3,(H,21,22)/t15-/m1/s1. The van der Waals surface area contributed by atoms with Crippen molar-refractivity contribution in [2.24, 2.45) is 5.92 Å². The molecular weight excluding hydrogens is 316 g/mol. The number of anilines is 1. The van der Waals surface area contributed by atoms with Crippen molar-refractivity contribution < 1.29 is 9.53 Å². The van der Waals surface area contributed by atoms with Gasteiger partial charge in [-0.1, -0.05) is 0 Å². The van der Waals surface area contributed by atoms with E-state index in [2.05, 4.69) is 36.3 Å². The highest BCUT2D eigenvalue weighted by Crippen LogP contribution is 2.27. The smallest absolute Gasteiger partial charge is 0.232 e. The number of nitrogens with zero attached hydrogens (tertiary/aromatic N) is 2. The van der Waals surface area contributed by atoms with Crippen molar-refractivity contribution >= 4 is 22.9 Å². The first-order chi connectivity index (χ1) is 12.1. The van der Waals surface area contributed by atoms with Gasteiger partial charge in [-0.15, -0.1) is 0 Å². The van der Waals surface area contributed by atoms with Gasteiger partial charge in [0.1, 0.15) is 0 Å². The van der Waals surface area contributed by atoms with E-state index in [1.807, 2.05) is 4.90 Å². The predicted molar refractivity (Wildman–Crippen MR) is 97.9 cm³/mol. The Balaban J connectivity index is 1.71. The summed E-state index contributed by atoms with van der Waals surface area (Å²) in [5.74, 6) is 0.919. The van der Waals surface area contributed by atoms with Crippen molar-refractivity contribution in [3.8, 4) is 0 Å². The van der Waals surface area contributed by atoms with E-state index >= 15 is 0 Å². The maximum Gasteiger partial charge on any atom is 0.232 e. The molecule has 1 amide bonds. The van der Waals surface area contributed by atoms with E-state index in [-0.39, 0.29) is 17.9 Å². The molecule has 0 bridgehead atoms. The Bertz CT molecular complexity index is 734. The molecule has 6 heteroatoms. The molecular formula is C19H26N4O2. The molecule has 0 unspecified atom stereocenters. The Morgan fingerprint density at radius 1 is 1.20 bits per heavy atom. The Hall–Kier alpha value is -1.92. The zero-order valence-corrected chi connectivity index (χ0v) is 15.0. The van der Waals surface area contributed by atoms with Crippen molar-refractivity contribution in [3.05, 3.63) is 23.3 Å². The number of aromatic amines is 1. The number of benzene rings is 1. The molecule has 2 fully saturated rings. The number of carbonyl (C=O) groups is 1. The highest BCUT2D eigenvalue weighted by atomic mass is 16.5. The monoisotopic (exact) mass is 342 g/mol. The largest absolute Gasteiger partial charge is 0.379 e. The summed E-state index contributed by atoms with van der Waals surface area (Å²) in [5.41, 5.74) is 4.34. The van der Waals surface area contributed by atoms with Gasteiger partial charge in [0.15, 0.2) is 0 Å². The number of rotatable bonds is 3. The second-order valence-corrected chi connectivity index (χ2v) is 7.26. The molecule has 25 heavy (non-hydrogen) atoms. The van der Waals surface area contributed by atoms with Crippen molar-refractivity contribution in [2.45, 2.75) is 39.2 Å². The average Bonchev–Trinajstić information content (AvgIpc) is 3.27. The van der Waals surface area contributed by atoms with Crippen LogP contribution in [0.5, 0.6) is 0 Å². The fraction of sp³-hybridized carbons (Fsp3) is 0.579. The lowest BCUT2D eigenvalue weighted by atomic mass is 9.96. The molecule has 1 aromatic carbocycles. The number of ether oxygens (including phenoxy) is 1. The number of aromatic nitrogens is 2. The lowest BCUT2D eigenvalue weighted by Crippen LogP contribution is -2.47. The van der Waals surface area contributed by atoms with Crippen molar-refractivity contribution in [1.82, 2.24) is 15.3 Å². The second-order valence-electron chi connectivity index (χ2n) is 7.26. The minimum absolute atomic E-state index is 0.0681. The molecule has 2 aliphatic heterocycles. The number of carbonyl (C=O) groups excluding carboxylic acids is 1. The Morgan fingerprint density at radius 2 is 1.96 bits per heavy atom. The average molecular weight is 342 g/mol. The first-order valence-corrected chi connectivity index (χ1v) is 9.22. The van der Waals surface area contributed by atoms with Crippen LogP contribution >= 0.6 is 0 Å². The number of fused-ring (bicyclic) bond motifs is 1. The van der Waals surface area contributed by atoms with Gasteiger partial charge >= 0.3 is 0 Å². The van der Waals surface area contributed by atoms with Crippen LogP contribution in [0.2, 0.25) is 0 Å². The fourth-order valence-corrected chi connectivity index (χ4v) is 3.82. The minimum atomic E-state index is 0.0681. The molecule has 3 heterocycles. The van der Waals surface area contributed by atoms with Gasteiger partial charge < -0.3 is 15.0 Å². The van der Waals surface area contributed by atoms with Gasteiger partial charge in [0.2, 0.25) is 11.9 Å². The van der Waals surface area contributed by atoms with Gasteiger partial charge in [-0.2, -0.15) is 0 Å². The van der Waals surface area contributed by atoms with E-state index in [1.165, 1.54) is 11.1 Å². The van der Waals surface area contributed by atoms with E-state index < -0.39 is 0 Å². The van der Waals surface area contributed by atoms with E-state index in [1.54, 1.807) is 0 Å². The van der Waals surface area contributed by atoms with Crippen LogP contribution < -0.4 is 10.2 Å². The van der Waals surface area contributed by atoms with Crippen LogP contribution in [0.15, 0.2) is 12.1 Å². The minimum Gasteiger partial charge on any atom is -0.379 e. The highest BCUT2D eigenvalue weighted by molar-refractivity contribution is 5.95. The van der Waals surface area contributed by atoms with Gasteiger partial charge in [0.05, 0.1) is 23.7 Å². The van der Waals surface area contributed by atoms with E-state index in [0.717, 1.165) is 43.4 Å². The lowest BCUT2D eigenvalue weighted by molar-refractivity contribution is -0.123. The zero-order valence-electron chi connectivity index (χ0n) is 15.0. The van der Waals surface area contributed by atoms with Gasteiger partial charge in [-0.25, -0.2) is 4.98 Å². The predicted octanol–water partition coefficient (Wildman–Crippen LogP) is 2.30. The molecule has 0 spiro atoms. The van der Waals surface area contributed by atoms with Crippen molar-refractivity contribution in [2.75, 3.05) is 31.2 Å². The molecule has 2 N–H and O–H groups in total. The van der Waals surface area contributed by atoms with Crippen LogP contribution in [0.25, 0.3) is 11.0 Å². The Kier molecular flexibility index (Phi) is 4.48. The third kappa shape index (κ3) is 3.16. The molecule has 1 atom stereocenters.